The Bertz CT molecular complexity index is 1250. The van der Waals surface area contributed by atoms with E-state index in [0.717, 1.165) is 48.1 Å². The fourth-order valence-corrected chi connectivity index (χ4v) is 6.48. The molecule has 36 heavy (non-hydrogen) atoms. The van der Waals surface area contributed by atoms with E-state index in [-0.39, 0.29) is 24.1 Å². The first-order valence-electron chi connectivity index (χ1n) is 12.9. The highest BCUT2D eigenvalue weighted by Crippen LogP contribution is 2.48. The van der Waals surface area contributed by atoms with Crippen LogP contribution in [0.15, 0.2) is 10.9 Å². The first-order chi connectivity index (χ1) is 17.2. The highest BCUT2D eigenvalue weighted by molar-refractivity contribution is 6.34. The van der Waals surface area contributed by atoms with Crippen molar-refractivity contribution in [3.8, 4) is 11.5 Å². The second-order valence-corrected chi connectivity index (χ2v) is 11.2. The van der Waals surface area contributed by atoms with Crippen LogP contribution >= 0.6 is 11.6 Å². The number of pyridine rings is 1. The number of aromatic amines is 1. The van der Waals surface area contributed by atoms with Crippen LogP contribution in [0.2, 0.25) is 5.02 Å². The van der Waals surface area contributed by atoms with Crippen LogP contribution in [0.5, 0.6) is 11.5 Å². The van der Waals surface area contributed by atoms with Crippen molar-refractivity contribution in [2.75, 3.05) is 27.2 Å². The molecule has 3 heterocycles. The summed E-state index contributed by atoms with van der Waals surface area (Å²) >= 11 is 6.81. The minimum absolute atomic E-state index is 0.0445. The highest BCUT2D eigenvalue weighted by atomic mass is 35.5. The Balaban J connectivity index is 1.41. The second kappa shape index (κ2) is 9.75. The Labute approximate surface area is 217 Å². The van der Waals surface area contributed by atoms with Crippen LogP contribution in [-0.2, 0) is 13.0 Å². The van der Waals surface area contributed by atoms with Gasteiger partial charge >= 0.3 is 0 Å². The van der Waals surface area contributed by atoms with Crippen LogP contribution in [0.25, 0.3) is 0 Å². The molecule has 1 saturated carbocycles. The number of carbonyl (C=O) groups is 1. The molecule has 1 amide bonds. The van der Waals surface area contributed by atoms with Gasteiger partial charge in [0, 0.05) is 29.4 Å². The summed E-state index contributed by atoms with van der Waals surface area (Å²) in [5, 5.41) is 0.484. The van der Waals surface area contributed by atoms with Crippen molar-refractivity contribution in [1.29, 1.82) is 0 Å². The lowest BCUT2D eigenvalue weighted by Gasteiger charge is -2.39. The van der Waals surface area contributed by atoms with Gasteiger partial charge in [-0.25, -0.2) is 0 Å². The molecular weight excluding hydrogens is 478 g/mol. The van der Waals surface area contributed by atoms with E-state index < -0.39 is 0 Å². The highest BCUT2D eigenvalue weighted by Gasteiger charge is 2.38. The first kappa shape index (κ1) is 25.2. The average molecular weight is 514 g/mol. The van der Waals surface area contributed by atoms with Crippen LogP contribution in [0.4, 0.5) is 0 Å². The van der Waals surface area contributed by atoms with Crippen LogP contribution in [0, 0.1) is 26.7 Å². The van der Waals surface area contributed by atoms with Crippen molar-refractivity contribution < 1.29 is 14.3 Å². The number of H-pyrrole nitrogens is 1. The van der Waals surface area contributed by atoms with Gasteiger partial charge < -0.3 is 24.3 Å². The van der Waals surface area contributed by atoms with E-state index in [4.69, 9.17) is 21.1 Å². The normalized spacial score (nSPS) is 23.7. The maximum Gasteiger partial charge on any atom is 0.254 e. The number of benzene rings is 1. The Morgan fingerprint density at radius 3 is 2.50 bits per heavy atom. The summed E-state index contributed by atoms with van der Waals surface area (Å²) in [6.45, 7) is 6.94. The third kappa shape index (κ3) is 4.41. The van der Waals surface area contributed by atoms with Crippen LogP contribution in [0.1, 0.15) is 64.0 Å². The molecule has 1 aromatic carbocycles. The number of aryl methyl sites for hydroxylation is 2. The molecule has 1 unspecified atom stereocenters. The van der Waals surface area contributed by atoms with E-state index in [9.17, 15) is 9.59 Å². The van der Waals surface area contributed by atoms with E-state index in [2.05, 4.69) is 24.0 Å². The fourth-order valence-electron chi connectivity index (χ4n) is 6.15. The van der Waals surface area contributed by atoms with Gasteiger partial charge in [0.25, 0.3) is 11.5 Å². The van der Waals surface area contributed by atoms with Crippen molar-refractivity contribution in [3.63, 3.8) is 0 Å². The van der Waals surface area contributed by atoms with Crippen molar-refractivity contribution in [3.05, 3.63) is 55.0 Å². The lowest BCUT2D eigenvalue weighted by Crippen LogP contribution is -2.42. The quantitative estimate of drug-likeness (QED) is 0.655. The van der Waals surface area contributed by atoms with E-state index in [1.54, 1.807) is 4.90 Å². The summed E-state index contributed by atoms with van der Waals surface area (Å²) in [5.41, 5.74) is 4.36. The monoisotopic (exact) mass is 513 g/mol. The standard InChI is InChI=1S/C28H36ClN3O4/c1-15-12-16(2)30-27(33)21(15)13-32-11-10-20-23(28(32)34)17(3)25-26(24(20)29)35-14-22(36-25)18-6-8-19(9-7-18)31(4)5/h12,18-19,22H,6-11,13-14H2,1-5H3,(H,30,33). The molecular formula is C28H36ClN3O4. The zero-order chi connectivity index (χ0) is 25.7. The topological polar surface area (TPSA) is 74.9 Å². The van der Waals surface area contributed by atoms with Gasteiger partial charge in [-0.1, -0.05) is 11.6 Å². The number of halogens is 1. The molecule has 0 saturated heterocycles. The maximum absolute atomic E-state index is 13.7. The summed E-state index contributed by atoms with van der Waals surface area (Å²) in [7, 11) is 4.29. The van der Waals surface area contributed by atoms with E-state index in [0.29, 0.717) is 59.2 Å². The molecule has 5 rings (SSSR count). The molecule has 1 fully saturated rings. The average Bonchev–Trinajstić information content (AvgIpc) is 2.85. The minimum Gasteiger partial charge on any atom is -0.484 e. The predicted molar refractivity (Wildman–Crippen MR) is 141 cm³/mol. The second-order valence-electron chi connectivity index (χ2n) is 10.9. The van der Waals surface area contributed by atoms with Gasteiger partial charge in [-0.15, -0.1) is 0 Å². The number of amides is 1. The molecule has 0 spiro atoms. The van der Waals surface area contributed by atoms with Crippen molar-refractivity contribution in [1.82, 2.24) is 14.8 Å². The molecule has 0 bridgehead atoms. The Hall–Kier alpha value is -2.51. The molecule has 1 N–H and O–H groups in total. The fraction of sp³-hybridized carbons (Fsp3) is 0.571. The van der Waals surface area contributed by atoms with Gasteiger partial charge in [-0.05, 0) is 90.1 Å². The summed E-state index contributed by atoms with van der Waals surface area (Å²) in [4.78, 5) is 33.2. The Kier molecular flexibility index (Phi) is 6.81. The number of nitrogens with one attached hydrogen (secondary N) is 1. The van der Waals surface area contributed by atoms with E-state index in [1.165, 1.54) is 0 Å². The Morgan fingerprint density at radius 2 is 1.83 bits per heavy atom. The number of hydrogen-bond acceptors (Lipinski definition) is 5. The smallest absolute Gasteiger partial charge is 0.254 e. The van der Waals surface area contributed by atoms with Gasteiger partial charge in [0.1, 0.15) is 12.7 Å². The zero-order valence-corrected chi connectivity index (χ0v) is 22.6. The third-order valence-electron chi connectivity index (χ3n) is 8.32. The van der Waals surface area contributed by atoms with Crippen molar-refractivity contribution >= 4 is 17.5 Å². The van der Waals surface area contributed by atoms with E-state index >= 15 is 0 Å². The molecule has 2 aromatic rings. The summed E-state index contributed by atoms with van der Waals surface area (Å²) in [6, 6.07) is 2.56. The molecule has 2 aliphatic heterocycles. The molecule has 0 radical (unpaired) electrons. The van der Waals surface area contributed by atoms with Gasteiger partial charge in [0.2, 0.25) is 0 Å². The number of rotatable bonds is 4. The summed E-state index contributed by atoms with van der Waals surface area (Å²) in [6.07, 6.45) is 5.07. The Morgan fingerprint density at radius 1 is 1.11 bits per heavy atom. The molecule has 1 atom stereocenters. The van der Waals surface area contributed by atoms with Gasteiger partial charge in [0.05, 0.1) is 17.1 Å². The van der Waals surface area contributed by atoms with Gasteiger partial charge in [0.15, 0.2) is 11.5 Å². The lowest BCUT2D eigenvalue weighted by atomic mass is 9.82. The summed E-state index contributed by atoms with van der Waals surface area (Å²) < 4.78 is 12.8. The number of ether oxygens (including phenoxy) is 2. The van der Waals surface area contributed by atoms with Gasteiger partial charge in [-0.3, -0.25) is 9.59 Å². The van der Waals surface area contributed by atoms with Gasteiger partial charge in [-0.2, -0.15) is 0 Å². The molecule has 1 aliphatic carbocycles. The number of hydrogen-bond donors (Lipinski definition) is 1. The largest absolute Gasteiger partial charge is 0.484 e. The number of carbonyl (C=O) groups excluding carboxylic acids is 1. The molecule has 1 aromatic heterocycles. The number of nitrogens with zero attached hydrogens (tertiary/aromatic N) is 2. The molecule has 7 nitrogen and oxygen atoms in total. The molecule has 194 valence electrons. The molecule has 8 heteroatoms. The van der Waals surface area contributed by atoms with Crippen LogP contribution in [-0.4, -0.2) is 60.1 Å². The van der Waals surface area contributed by atoms with Crippen molar-refractivity contribution in [2.45, 2.75) is 71.6 Å². The minimum atomic E-state index is -0.144. The predicted octanol–water partition coefficient (Wildman–Crippen LogP) is 4.41. The zero-order valence-electron chi connectivity index (χ0n) is 21.9. The summed E-state index contributed by atoms with van der Waals surface area (Å²) in [5.74, 6) is 1.48. The third-order valence-corrected chi connectivity index (χ3v) is 8.72. The number of aromatic nitrogens is 1. The van der Waals surface area contributed by atoms with Crippen molar-refractivity contribution in [2.24, 2.45) is 5.92 Å². The van der Waals surface area contributed by atoms with Crippen LogP contribution in [0.3, 0.4) is 0 Å². The SMILES string of the molecule is Cc1cc(C)c(CN2CCc3c(Cl)c4c(c(C)c3C2=O)OC(C2CCC(N(C)C)CC2)CO4)c(=O)[nH]1. The van der Waals surface area contributed by atoms with Crippen LogP contribution < -0.4 is 15.0 Å². The first-order valence-corrected chi connectivity index (χ1v) is 13.3. The number of fused-ring (bicyclic) bond motifs is 2. The maximum atomic E-state index is 13.7. The molecule has 3 aliphatic rings. The lowest BCUT2D eigenvalue weighted by molar-refractivity contribution is 0.0237. The van der Waals surface area contributed by atoms with E-state index in [1.807, 2.05) is 26.8 Å².